The number of rotatable bonds is 1. The van der Waals surface area contributed by atoms with Gasteiger partial charge in [-0.25, -0.2) is 0 Å². The fraction of sp³-hybridized carbons (Fsp3) is 0.368. The van der Waals surface area contributed by atoms with Crippen LogP contribution in [0.4, 0.5) is 5.69 Å². The van der Waals surface area contributed by atoms with Crippen LogP contribution >= 0.6 is 0 Å². The van der Waals surface area contributed by atoms with E-state index in [4.69, 9.17) is 0 Å². The van der Waals surface area contributed by atoms with E-state index in [2.05, 4.69) is 41.7 Å². The fourth-order valence-electron chi connectivity index (χ4n) is 3.70. The summed E-state index contributed by atoms with van der Waals surface area (Å²) in [6.45, 7) is 1.11. The number of anilines is 1. The molecule has 2 aromatic rings. The SMILES string of the molecule is C1=C(c2cc3ccccc3c3c2CCCN3)CCCC1. The summed E-state index contributed by atoms with van der Waals surface area (Å²) in [6.07, 6.45) is 10.2. The van der Waals surface area contributed by atoms with Crippen LogP contribution in [0.3, 0.4) is 0 Å². The van der Waals surface area contributed by atoms with Gasteiger partial charge in [0.1, 0.15) is 0 Å². The third-order valence-electron chi connectivity index (χ3n) is 4.70. The monoisotopic (exact) mass is 263 g/mol. The van der Waals surface area contributed by atoms with Crippen molar-refractivity contribution < 1.29 is 0 Å². The van der Waals surface area contributed by atoms with Gasteiger partial charge in [0.05, 0.1) is 0 Å². The normalized spacial score (nSPS) is 18.3. The van der Waals surface area contributed by atoms with Crippen molar-refractivity contribution in [1.29, 1.82) is 0 Å². The van der Waals surface area contributed by atoms with Crippen LogP contribution in [0, 0.1) is 0 Å². The Morgan fingerprint density at radius 2 is 1.90 bits per heavy atom. The van der Waals surface area contributed by atoms with E-state index in [-0.39, 0.29) is 0 Å². The minimum absolute atomic E-state index is 1.11. The number of benzene rings is 2. The van der Waals surface area contributed by atoms with Gasteiger partial charge in [-0.15, -0.1) is 0 Å². The first-order valence-corrected chi connectivity index (χ1v) is 7.91. The minimum atomic E-state index is 1.11. The van der Waals surface area contributed by atoms with Crippen molar-refractivity contribution >= 4 is 22.0 Å². The van der Waals surface area contributed by atoms with Gasteiger partial charge in [-0.05, 0) is 66.7 Å². The molecule has 0 fully saturated rings. The topological polar surface area (TPSA) is 12.0 Å². The molecule has 0 unspecified atom stereocenters. The maximum Gasteiger partial charge on any atom is 0.0458 e. The third-order valence-corrected chi connectivity index (χ3v) is 4.70. The minimum Gasteiger partial charge on any atom is -0.384 e. The van der Waals surface area contributed by atoms with Crippen LogP contribution in [0.5, 0.6) is 0 Å². The van der Waals surface area contributed by atoms with Crippen LogP contribution in [0.25, 0.3) is 16.3 Å². The van der Waals surface area contributed by atoms with Crippen LogP contribution in [0.1, 0.15) is 43.2 Å². The lowest BCUT2D eigenvalue weighted by Crippen LogP contribution is -2.14. The molecule has 2 aliphatic rings. The van der Waals surface area contributed by atoms with E-state index < -0.39 is 0 Å². The third kappa shape index (κ3) is 1.93. The summed E-state index contributed by atoms with van der Waals surface area (Å²) in [5, 5.41) is 6.43. The van der Waals surface area contributed by atoms with Crippen LogP contribution in [0.15, 0.2) is 36.4 Å². The first-order chi connectivity index (χ1) is 9.93. The van der Waals surface area contributed by atoms with Crippen molar-refractivity contribution in [3.63, 3.8) is 0 Å². The summed E-state index contributed by atoms with van der Waals surface area (Å²) in [5.41, 5.74) is 6.06. The Morgan fingerprint density at radius 1 is 0.950 bits per heavy atom. The summed E-state index contributed by atoms with van der Waals surface area (Å²) < 4.78 is 0. The molecule has 0 radical (unpaired) electrons. The smallest absolute Gasteiger partial charge is 0.0458 e. The summed E-state index contributed by atoms with van der Waals surface area (Å²) in [4.78, 5) is 0. The van der Waals surface area contributed by atoms with E-state index in [1.54, 1.807) is 11.1 Å². The molecule has 1 nitrogen and oxygen atoms in total. The molecule has 1 aliphatic heterocycles. The second kappa shape index (κ2) is 4.97. The number of nitrogens with one attached hydrogen (secondary N) is 1. The zero-order valence-electron chi connectivity index (χ0n) is 11.9. The zero-order chi connectivity index (χ0) is 13.4. The number of hydrogen-bond donors (Lipinski definition) is 1. The first kappa shape index (κ1) is 12.0. The predicted molar refractivity (Wildman–Crippen MR) is 87.2 cm³/mol. The lowest BCUT2D eigenvalue weighted by molar-refractivity contribution is 0.739. The molecule has 0 amide bonds. The standard InChI is InChI=1S/C19H21N/c1-2-7-14(8-3-1)18-13-15-9-4-5-10-16(15)19-17(18)11-6-12-20-19/h4-5,7,9-10,13,20H,1-3,6,8,11-12H2. The molecule has 4 rings (SSSR count). The average Bonchev–Trinajstić information content (AvgIpc) is 2.55. The van der Waals surface area contributed by atoms with Crippen molar-refractivity contribution in [3.8, 4) is 0 Å². The first-order valence-electron chi connectivity index (χ1n) is 7.91. The lowest BCUT2D eigenvalue weighted by atomic mass is 9.85. The van der Waals surface area contributed by atoms with Crippen LogP contribution in [-0.2, 0) is 6.42 Å². The summed E-state index contributed by atoms with van der Waals surface area (Å²) in [5.74, 6) is 0. The Bertz CT molecular complexity index is 681. The molecule has 0 saturated heterocycles. The van der Waals surface area contributed by atoms with Crippen molar-refractivity contribution in [3.05, 3.63) is 47.5 Å². The summed E-state index contributed by atoms with van der Waals surface area (Å²) >= 11 is 0. The molecule has 0 spiro atoms. The van der Waals surface area contributed by atoms with E-state index in [0.29, 0.717) is 0 Å². The molecule has 0 bridgehead atoms. The zero-order valence-corrected chi connectivity index (χ0v) is 11.9. The Kier molecular flexibility index (Phi) is 2.99. The van der Waals surface area contributed by atoms with Gasteiger partial charge in [-0.3, -0.25) is 0 Å². The van der Waals surface area contributed by atoms with Crippen molar-refractivity contribution in [2.75, 3.05) is 11.9 Å². The highest BCUT2D eigenvalue weighted by Crippen LogP contribution is 2.39. The molecule has 102 valence electrons. The van der Waals surface area contributed by atoms with E-state index in [0.717, 1.165) is 6.54 Å². The highest BCUT2D eigenvalue weighted by molar-refractivity contribution is 5.99. The van der Waals surface area contributed by atoms with Gasteiger partial charge < -0.3 is 5.32 Å². The number of fused-ring (bicyclic) bond motifs is 3. The van der Waals surface area contributed by atoms with Crippen LogP contribution in [0.2, 0.25) is 0 Å². The van der Waals surface area contributed by atoms with E-state index in [9.17, 15) is 0 Å². The molecule has 20 heavy (non-hydrogen) atoms. The Balaban J connectivity index is 1.98. The van der Waals surface area contributed by atoms with E-state index in [1.165, 1.54) is 60.5 Å². The van der Waals surface area contributed by atoms with Gasteiger partial charge in [-0.1, -0.05) is 30.3 Å². The Labute approximate surface area is 120 Å². The van der Waals surface area contributed by atoms with Gasteiger partial charge in [0.25, 0.3) is 0 Å². The molecule has 1 heterocycles. The van der Waals surface area contributed by atoms with Gasteiger partial charge in [-0.2, -0.15) is 0 Å². The summed E-state index contributed by atoms with van der Waals surface area (Å²) in [7, 11) is 0. The molecule has 0 aromatic heterocycles. The van der Waals surface area contributed by atoms with Gasteiger partial charge in [0.15, 0.2) is 0 Å². The van der Waals surface area contributed by atoms with Crippen molar-refractivity contribution in [1.82, 2.24) is 0 Å². The van der Waals surface area contributed by atoms with Crippen molar-refractivity contribution in [2.24, 2.45) is 0 Å². The molecule has 1 aliphatic carbocycles. The molecular formula is C19H21N. The fourth-order valence-corrected chi connectivity index (χ4v) is 3.70. The average molecular weight is 263 g/mol. The molecular weight excluding hydrogens is 242 g/mol. The van der Waals surface area contributed by atoms with Crippen LogP contribution < -0.4 is 5.32 Å². The van der Waals surface area contributed by atoms with Gasteiger partial charge in [0, 0.05) is 17.6 Å². The molecule has 0 saturated carbocycles. The largest absolute Gasteiger partial charge is 0.384 e. The molecule has 0 atom stereocenters. The maximum absolute atomic E-state index is 3.66. The second-order valence-corrected chi connectivity index (χ2v) is 6.00. The second-order valence-electron chi connectivity index (χ2n) is 6.00. The van der Waals surface area contributed by atoms with Gasteiger partial charge >= 0.3 is 0 Å². The van der Waals surface area contributed by atoms with E-state index >= 15 is 0 Å². The number of hydrogen-bond acceptors (Lipinski definition) is 1. The molecule has 1 heteroatoms. The van der Waals surface area contributed by atoms with E-state index in [1.807, 2.05) is 0 Å². The lowest BCUT2D eigenvalue weighted by Gasteiger charge is -2.25. The quantitative estimate of drug-likeness (QED) is 0.749. The Morgan fingerprint density at radius 3 is 2.80 bits per heavy atom. The van der Waals surface area contributed by atoms with Gasteiger partial charge in [0.2, 0.25) is 0 Å². The molecule has 1 N–H and O–H groups in total. The Hall–Kier alpha value is -1.76. The highest BCUT2D eigenvalue weighted by atomic mass is 14.9. The van der Waals surface area contributed by atoms with Crippen molar-refractivity contribution in [2.45, 2.75) is 38.5 Å². The predicted octanol–water partition coefficient (Wildman–Crippen LogP) is 5.16. The number of allylic oxidation sites excluding steroid dienone is 2. The highest BCUT2D eigenvalue weighted by Gasteiger charge is 2.19. The summed E-state index contributed by atoms with van der Waals surface area (Å²) in [6, 6.07) is 11.2. The maximum atomic E-state index is 3.66. The van der Waals surface area contributed by atoms with Crippen LogP contribution in [-0.4, -0.2) is 6.54 Å². The molecule has 2 aromatic carbocycles.